The number of carbonyl (C=O) groups excluding carboxylic acids is 3. The molecule has 0 saturated carbocycles. The number of amides is 4. The number of fused-ring (bicyclic) bond motifs is 1. The van der Waals surface area contributed by atoms with E-state index in [1.54, 1.807) is 24.3 Å². The van der Waals surface area contributed by atoms with Crippen molar-refractivity contribution in [3.8, 4) is 0 Å². The Morgan fingerprint density at radius 2 is 1.70 bits per heavy atom. The highest BCUT2D eigenvalue weighted by molar-refractivity contribution is 9.10. The maximum atomic E-state index is 12.1. The Bertz CT molecular complexity index is 978. The Morgan fingerprint density at radius 1 is 1.03 bits per heavy atom. The molecular formula is C24H36BrN4O6PS. The SMILES string of the molecule is O=C(CCCCC1SC[C@H]2NC(=O)N[C@@H]12)NCCCCCC(=O)NCc1ccc(C(Br)P(=O)(O)O)cc1. The molecule has 2 fully saturated rings. The molecule has 206 valence electrons. The lowest BCUT2D eigenvalue weighted by Gasteiger charge is -2.16. The van der Waals surface area contributed by atoms with E-state index in [1.807, 2.05) is 11.8 Å². The predicted molar refractivity (Wildman–Crippen MR) is 147 cm³/mol. The average molecular weight is 620 g/mol. The van der Waals surface area contributed by atoms with Gasteiger partial charge in [-0.05, 0) is 36.8 Å². The number of hydrogen-bond donors (Lipinski definition) is 6. The van der Waals surface area contributed by atoms with Crippen molar-refractivity contribution >= 4 is 53.1 Å². The summed E-state index contributed by atoms with van der Waals surface area (Å²) in [5.74, 6) is 0.955. The Morgan fingerprint density at radius 3 is 2.41 bits per heavy atom. The first-order valence-electron chi connectivity index (χ1n) is 12.6. The Kier molecular flexibility index (Phi) is 11.8. The van der Waals surface area contributed by atoms with E-state index in [2.05, 4.69) is 37.2 Å². The van der Waals surface area contributed by atoms with Gasteiger partial charge in [-0.2, -0.15) is 11.8 Å². The molecule has 6 N–H and O–H groups in total. The third kappa shape index (κ3) is 9.90. The Labute approximate surface area is 230 Å². The molecule has 0 bridgehead atoms. The molecule has 0 aromatic heterocycles. The van der Waals surface area contributed by atoms with Gasteiger partial charge in [-0.15, -0.1) is 0 Å². The predicted octanol–water partition coefficient (Wildman–Crippen LogP) is 3.28. The fraction of sp³-hybridized carbons (Fsp3) is 0.625. The molecule has 37 heavy (non-hydrogen) atoms. The van der Waals surface area contributed by atoms with Crippen LogP contribution in [0.5, 0.6) is 0 Å². The van der Waals surface area contributed by atoms with E-state index in [9.17, 15) is 28.7 Å². The number of unbranched alkanes of at least 4 members (excludes halogenated alkanes) is 3. The summed E-state index contributed by atoms with van der Waals surface area (Å²) in [5, 5.41) is 12.2. The summed E-state index contributed by atoms with van der Waals surface area (Å²) < 4.78 is 10.3. The van der Waals surface area contributed by atoms with Gasteiger partial charge >= 0.3 is 13.6 Å². The molecule has 1 aromatic carbocycles. The molecule has 2 saturated heterocycles. The minimum Gasteiger partial charge on any atom is -0.356 e. The fourth-order valence-corrected chi connectivity index (χ4v) is 6.86. The zero-order valence-corrected chi connectivity index (χ0v) is 24.0. The van der Waals surface area contributed by atoms with Crippen molar-refractivity contribution in [2.24, 2.45) is 0 Å². The van der Waals surface area contributed by atoms with Crippen LogP contribution in [0.2, 0.25) is 0 Å². The van der Waals surface area contributed by atoms with Gasteiger partial charge in [0.2, 0.25) is 11.8 Å². The Hall–Kier alpha value is -1.59. The molecule has 0 radical (unpaired) electrons. The Balaban J connectivity index is 1.16. The summed E-state index contributed by atoms with van der Waals surface area (Å²) in [7, 11) is -4.26. The summed E-state index contributed by atoms with van der Waals surface area (Å²) >= 11 is 4.90. The first kappa shape index (κ1) is 30.0. The number of thioether (sulfide) groups is 1. The van der Waals surface area contributed by atoms with Crippen molar-refractivity contribution < 1.29 is 28.7 Å². The van der Waals surface area contributed by atoms with Crippen molar-refractivity contribution in [2.45, 2.75) is 79.8 Å². The normalized spacial score (nSPS) is 21.6. The molecule has 2 aliphatic heterocycles. The van der Waals surface area contributed by atoms with Gasteiger partial charge in [0.25, 0.3) is 0 Å². The lowest BCUT2D eigenvalue weighted by atomic mass is 10.0. The summed E-state index contributed by atoms with van der Waals surface area (Å²) in [6.45, 7) is 0.958. The third-order valence-corrected chi connectivity index (χ3v) is 11.0. The number of nitrogens with one attached hydrogen (secondary N) is 4. The monoisotopic (exact) mass is 618 g/mol. The fourth-order valence-electron chi connectivity index (χ4n) is 4.46. The maximum absolute atomic E-state index is 12.1. The molecule has 3 rings (SSSR count). The number of carbonyl (C=O) groups is 3. The van der Waals surface area contributed by atoms with Gasteiger partial charge in [-0.3, -0.25) is 14.2 Å². The first-order valence-corrected chi connectivity index (χ1v) is 16.3. The van der Waals surface area contributed by atoms with Crippen molar-refractivity contribution in [3.05, 3.63) is 35.4 Å². The van der Waals surface area contributed by atoms with Crippen LogP contribution in [-0.2, 0) is 20.7 Å². The molecule has 2 unspecified atom stereocenters. The van der Waals surface area contributed by atoms with Crippen molar-refractivity contribution in [2.75, 3.05) is 12.3 Å². The van der Waals surface area contributed by atoms with E-state index < -0.39 is 12.2 Å². The van der Waals surface area contributed by atoms with Gasteiger partial charge in [0, 0.05) is 36.9 Å². The molecule has 4 atom stereocenters. The standard InChI is InChI=1S/C24H36BrN4O6PS/c25-23(36(33,34)35)17-11-9-16(10-12-17)14-27-21(31)7-2-1-5-13-26-20(30)8-4-3-6-19-22-18(15-37-19)28-24(32)29-22/h9-12,18-19,22-23H,1-8,13-15H2,(H,26,30)(H,27,31)(H2,28,29,32)(H2,33,34,35)/t18-,19?,22-,23?/m1/s1. The minimum absolute atomic E-state index is 0.0543. The molecule has 0 aliphatic carbocycles. The number of halogens is 1. The summed E-state index contributed by atoms with van der Waals surface area (Å²) in [5.41, 5.74) is 1.33. The van der Waals surface area contributed by atoms with E-state index in [0.717, 1.165) is 49.8 Å². The molecule has 4 amide bonds. The van der Waals surface area contributed by atoms with Gasteiger partial charge in [0.15, 0.2) is 0 Å². The lowest BCUT2D eigenvalue weighted by molar-refractivity contribution is -0.122. The molecule has 2 aliphatic rings. The second-order valence-electron chi connectivity index (χ2n) is 9.47. The van der Waals surface area contributed by atoms with Crippen molar-refractivity contribution in [1.29, 1.82) is 0 Å². The van der Waals surface area contributed by atoms with E-state index in [-0.39, 0.29) is 29.9 Å². The van der Waals surface area contributed by atoms with Crippen LogP contribution < -0.4 is 21.3 Å². The molecule has 2 heterocycles. The number of alkyl halides is 1. The molecule has 1 aromatic rings. The highest BCUT2D eigenvalue weighted by Gasteiger charge is 2.42. The van der Waals surface area contributed by atoms with Crippen molar-refractivity contribution in [1.82, 2.24) is 21.3 Å². The van der Waals surface area contributed by atoms with Gasteiger partial charge < -0.3 is 31.1 Å². The van der Waals surface area contributed by atoms with Crippen LogP contribution in [0.15, 0.2) is 24.3 Å². The quantitative estimate of drug-likeness (QED) is 0.0762. The second kappa shape index (κ2) is 14.5. The van der Waals surface area contributed by atoms with E-state index in [0.29, 0.717) is 36.7 Å². The number of rotatable bonds is 15. The molecule has 13 heteroatoms. The second-order valence-corrected chi connectivity index (χ2v) is 14.1. The summed E-state index contributed by atoms with van der Waals surface area (Å²) in [6.07, 6.45) is 6.13. The van der Waals surface area contributed by atoms with Crippen LogP contribution >= 0.6 is 35.3 Å². The zero-order chi connectivity index (χ0) is 26.8. The summed E-state index contributed by atoms with van der Waals surface area (Å²) in [4.78, 5) is 54.0. The third-order valence-electron chi connectivity index (χ3n) is 6.52. The van der Waals surface area contributed by atoms with E-state index in [1.165, 1.54) is 0 Å². The van der Waals surface area contributed by atoms with Gasteiger partial charge in [0.05, 0.1) is 12.1 Å². The first-order chi connectivity index (χ1) is 17.6. The van der Waals surface area contributed by atoms with Crippen LogP contribution in [0.4, 0.5) is 4.79 Å². The highest BCUT2D eigenvalue weighted by atomic mass is 79.9. The molecule has 10 nitrogen and oxygen atoms in total. The van der Waals surface area contributed by atoms with Crippen molar-refractivity contribution in [3.63, 3.8) is 0 Å². The highest BCUT2D eigenvalue weighted by Crippen LogP contribution is 2.55. The zero-order valence-electron chi connectivity index (χ0n) is 20.7. The van der Waals surface area contributed by atoms with Gasteiger partial charge in [-0.1, -0.05) is 53.0 Å². The smallest absolute Gasteiger partial charge is 0.343 e. The van der Waals surface area contributed by atoms with Crippen LogP contribution in [0.1, 0.15) is 67.1 Å². The maximum Gasteiger partial charge on any atom is 0.343 e. The minimum atomic E-state index is -4.26. The van der Waals surface area contributed by atoms with Crippen LogP contribution in [0.3, 0.4) is 0 Å². The van der Waals surface area contributed by atoms with Crippen LogP contribution in [-0.4, -0.2) is 57.3 Å². The number of hydrogen-bond acceptors (Lipinski definition) is 5. The topological polar surface area (TPSA) is 157 Å². The summed E-state index contributed by atoms with van der Waals surface area (Å²) in [6, 6.07) is 7.11. The van der Waals surface area contributed by atoms with Crippen LogP contribution in [0.25, 0.3) is 0 Å². The largest absolute Gasteiger partial charge is 0.356 e. The number of urea groups is 1. The lowest BCUT2D eigenvalue weighted by Crippen LogP contribution is -2.36. The molecular weight excluding hydrogens is 583 g/mol. The van der Waals surface area contributed by atoms with Gasteiger partial charge in [0.1, 0.15) is 4.57 Å². The van der Waals surface area contributed by atoms with E-state index >= 15 is 0 Å². The molecule has 0 spiro atoms. The van der Waals surface area contributed by atoms with Gasteiger partial charge in [-0.25, -0.2) is 4.79 Å². The average Bonchev–Trinajstić information content (AvgIpc) is 3.41. The number of benzene rings is 1. The van der Waals surface area contributed by atoms with Crippen LogP contribution in [0, 0.1) is 0 Å². The van der Waals surface area contributed by atoms with E-state index in [4.69, 9.17) is 0 Å².